The minimum absolute atomic E-state index is 0.431. The summed E-state index contributed by atoms with van der Waals surface area (Å²) in [6.45, 7) is 4.97. The molecular formula is C21H20ClN3O3S. The van der Waals surface area contributed by atoms with Gasteiger partial charge in [0.05, 0.1) is 5.69 Å². The number of nitrogens with zero attached hydrogens (tertiary/aromatic N) is 1. The molecule has 1 heterocycles. The number of amides is 2. The molecule has 0 spiro atoms. The number of thiazole rings is 1. The van der Waals surface area contributed by atoms with Crippen molar-refractivity contribution in [2.45, 2.75) is 26.4 Å². The summed E-state index contributed by atoms with van der Waals surface area (Å²) >= 11 is 7.12. The van der Waals surface area contributed by atoms with Gasteiger partial charge in [0.2, 0.25) is 0 Å². The van der Waals surface area contributed by atoms with Crippen LogP contribution in [-0.4, -0.2) is 22.4 Å². The molecule has 29 heavy (non-hydrogen) atoms. The first-order chi connectivity index (χ1) is 13.8. The van der Waals surface area contributed by atoms with Crippen LogP contribution in [0.15, 0.2) is 54.6 Å². The summed E-state index contributed by atoms with van der Waals surface area (Å²) in [6.07, 6.45) is 0. The van der Waals surface area contributed by atoms with E-state index >= 15 is 0 Å². The molecule has 3 aromatic rings. The Morgan fingerprint density at radius 2 is 1.69 bits per heavy atom. The maximum atomic E-state index is 12.5. The van der Waals surface area contributed by atoms with Crippen LogP contribution in [0.25, 0.3) is 10.6 Å². The molecule has 0 aliphatic rings. The molecule has 0 bridgehead atoms. The van der Waals surface area contributed by atoms with Crippen molar-refractivity contribution in [3.63, 3.8) is 0 Å². The van der Waals surface area contributed by atoms with E-state index in [4.69, 9.17) is 16.3 Å². The van der Waals surface area contributed by atoms with Crippen molar-refractivity contribution in [1.29, 1.82) is 0 Å². The van der Waals surface area contributed by atoms with Gasteiger partial charge in [-0.3, -0.25) is 20.4 Å². The zero-order valence-corrected chi connectivity index (χ0v) is 17.7. The zero-order chi connectivity index (χ0) is 21.0. The Morgan fingerprint density at radius 1 is 1.03 bits per heavy atom. The first kappa shape index (κ1) is 20.8. The molecule has 0 unspecified atom stereocenters. The normalized spacial score (nSPS) is 11.0. The van der Waals surface area contributed by atoms with E-state index in [9.17, 15) is 9.59 Å². The monoisotopic (exact) mass is 429 g/mol. The first-order valence-corrected chi connectivity index (χ1v) is 10.0. The zero-order valence-electron chi connectivity index (χ0n) is 16.2. The Balaban J connectivity index is 1.63. The van der Waals surface area contributed by atoms with Gasteiger partial charge in [0.15, 0.2) is 5.60 Å². The van der Waals surface area contributed by atoms with Crippen LogP contribution < -0.4 is 15.6 Å². The summed E-state index contributed by atoms with van der Waals surface area (Å²) in [4.78, 5) is 29.9. The number of carbonyl (C=O) groups excluding carboxylic acids is 2. The van der Waals surface area contributed by atoms with Crippen LogP contribution in [-0.2, 0) is 4.79 Å². The summed E-state index contributed by atoms with van der Waals surface area (Å²) < 4.78 is 5.71. The van der Waals surface area contributed by atoms with E-state index in [0.717, 1.165) is 10.6 Å². The average Bonchev–Trinajstić information content (AvgIpc) is 3.10. The smallest absolute Gasteiger partial charge is 0.281 e. The van der Waals surface area contributed by atoms with Crippen LogP contribution in [0.2, 0.25) is 5.02 Å². The van der Waals surface area contributed by atoms with E-state index in [0.29, 0.717) is 21.3 Å². The van der Waals surface area contributed by atoms with Gasteiger partial charge >= 0.3 is 0 Å². The van der Waals surface area contributed by atoms with Crippen LogP contribution >= 0.6 is 22.9 Å². The van der Waals surface area contributed by atoms with Crippen LogP contribution in [0.5, 0.6) is 5.75 Å². The second kappa shape index (κ2) is 8.63. The van der Waals surface area contributed by atoms with Crippen molar-refractivity contribution >= 4 is 34.8 Å². The lowest BCUT2D eigenvalue weighted by molar-refractivity contribution is -0.135. The van der Waals surface area contributed by atoms with E-state index in [1.54, 1.807) is 45.0 Å². The number of hydrogen-bond acceptors (Lipinski definition) is 5. The van der Waals surface area contributed by atoms with E-state index in [-0.39, 0.29) is 0 Å². The van der Waals surface area contributed by atoms with Crippen molar-refractivity contribution in [1.82, 2.24) is 15.8 Å². The second-order valence-electron chi connectivity index (χ2n) is 6.77. The van der Waals surface area contributed by atoms with Gasteiger partial charge in [-0.25, -0.2) is 4.98 Å². The van der Waals surface area contributed by atoms with E-state index < -0.39 is 17.4 Å². The molecule has 0 aliphatic carbocycles. The molecule has 0 aliphatic heterocycles. The SMILES string of the molecule is Cc1nc(-c2ccccc2)sc1C(=O)NNC(=O)C(C)(C)Oc1ccc(Cl)cc1. The number of halogens is 1. The van der Waals surface area contributed by atoms with Crippen molar-refractivity contribution in [2.24, 2.45) is 0 Å². The van der Waals surface area contributed by atoms with E-state index in [1.165, 1.54) is 11.3 Å². The highest BCUT2D eigenvalue weighted by atomic mass is 35.5. The number of benzene rings is 2. The number of carbonyl (C=O) groups is 2. The Bertz CT molecular complexity index is 1020. The van der Waals surface area contributed by atoms with Crippen molar-refractivity contribution in [2.75, 3.05) is 0 Å². The molecule has 1 aromatic heterocycles. The van der Waals surface area contributed by atoms with Gasteiger partial charge in [0.25, 0.3) is 11.8 Å². The number of rotatable bonds is 5. The third-order valence-corrected chi connectivity index (χ3v) is 5.50. The van der Waals surface area contributed by atoms with Gasteiger partial charge in [0.1, 0.15) is 15.6 Å². The highest BCUT2D eigenvalue weighted by Crippen LogP contribution is 2.27. The van der Waals surface area contributed by atoms with E-state index in [2.05, 4.69) is 15.8 Å². The van der Waals surface area contributed by atoms with Gasteiger partial charge in [-0.15, -0.1) is 11.3 Å². The number of aryl methyl sites for hydroxylation is 1. The minimum atomic E-state index is -1.21. The lowest BCUT2D eigenvalue weighted by atomic mass is 10.1. The lowest BCUT2D eigenvalue weighted by Crippen LogP contribution is -2.53. The third kappa shape index (κ3) is 5.13. The highest BCUT2D eigenvalue weighted by Gasteiger charge is 2.30. The Morgan fingerprint density at radius 3 is 2.34 bits per heavy atom. The fourth-order valence-electron chi connectivity index (χ4n) is 2.48. The van der Waals surface area contributed by atoms with Gasteiger partial charge in [-0.2, -0.15) is 0 Å². The topological polar surface area (TPSA) is 80.3 Å². The molecular weight excluding hydrogens is 410 g/mol. The molecule has 0 saturated heterocycles. The Labute approximate surface area is 177 Å². The maximum Gasteiger partial charge on any atom is 0.281 e. The van der Waals surface area contributed by atoms with Crippen molar-refractivity contribution in [3.8, 4) is 16.3 Å². The van der Waals surface area contributed by atoms with Crippen LogP contribution in [0.3, 0.4) is 0 Å². The number of aromatic nitrogens is 1. The maximum absolute atomic E-state index is 12.5. The molecule has 150 valence electrons. The minimum Gasteiger partial charge on any atom is -0.478 e. The molecule has 2 amide bonds. The number of nitrogens with one attached hydrogen (secondary N) is 2. The number of ether oxygens (including phenoxy) is 1. The molecule has 2 N–H and O–H groups in total. The fraction of sp³-hybridized carbons (Fsp3) is 0.190. The Hall–Kier alpha value is -2.90. The summed E-state index contributed by atoms with van der Waals surface area (Å²) in [7, 11) is 0. The van der Waals surface area contributed by atoms with Gasteiger partial charge in [0, 0.05) is 10.6 Å². The summed E-state index contributed by atoms with van der Waals surface area (Å²) in [5.41, 5.74) is 5.17. The molecule has 6 nitrogen and oxygen atoms in total. The quantitative estimate of drug-likeness (QED) is 0.589. The molecule has 0 radical (unpaired) electrons. The summed E-state index contributed by atoms with van der Waals surface area (Å²) in [5, 5.41) is 1.31. The highest BCUT2D eigenvalue weighted by molar-refractivity contribution is 7.17. The average molecular weight is 430 g/mol. The predicted octanol–water partition coefficient (Wildman–Crippen LogP) is 4.39. The standard InChI is InChI=1S/C21H20ClN3O3S/c1-13-17(29-19(23-13)14-7-5-4-6-8-14)18(26)24-25-20(27)21(2,3)28-16-11-9-15(22)10-12-16/h4-12H,1-3H3,(H,24,26)(H,25,27). The molecule has 0 fully saturated rings. The van der Waals surface area contributed by atoms with Crippen LogP contribution in [0.1, 0.15) is 29.2 Å². The first-order valence-electron chi connectivity index (χ1n) is 8.84. The van der Waals surface area contributed by atoms with Crippen molar-refractivity contribution < 1.29 is 14.3 Å². The third-order valence-electron chi connectivity index (χ3n) is 4.05. The summed E-state index contributed by atoms with van der Waals surface area (Å²) in [5.74, 6) is -0.434. The fourth-order valence-corrected chi connectivity index (χ4v) is 3.57. The van der Waals surface area contributed by atoms with Crippen LogP contribution in [0.4, 0.5) is 0 Å². The largest absolute Gasteiger partial charge is 0.478 e. The van der Waals surface area contributed by atoms with Gasteiger partial charge in [-0.1, -0.05) is 41.9 Å². The van der Waals surface area contributed by atoms with Crippen LogP contribution in [0, 0.1) is 6.92 Å². The lowest BCUT2D eigenvalue weighted by Gasteiger charge is -2.25. The molecule has 3 rings (SSSR count). The predicted molar refractivity (Wildman–Crippen MR) is 114 cm³/mol. The molecule has 0 saturated carbocycles. The molecule has 0 atom stereocenters. The molecule has 2 aromatic carbocycles. The van der Waals surface area contributed by atoms with Gasteiger partial charge in [-0.05, 0) is 45.0 Å². The second-order valence-corrected chi connectivity index (χ2v) is 8.21. The van der Waals surface area contributed by atoms with E-state index in [1.807, 2.05) is 30.3 Å². The van der Waals surface area contributed by atoms with Gasteiger partial charge < -0.3 is 4.74 Å². The summed E-state index contributed by atoms with van der Waals surface area (Å²) in [6, 6.07) is 16.3. The number of hydrogen-bond donors (Lipinski definition) is 2. The number of hydrazine groups is 1. The molecule has 8 heteroatoms. The Kier molecular flexibility index (Phi) is 6.20. The van der Waals surface area contributed by atoms with Crippen molar-refractivity contribution in [3.05, 3.63) is 70.2 Å².